The van der Waals surface area contributed by atoms with Crippen LogP contribution in [0.2, 0.25) is 0 Å². The lowest BCUT2D eigenvalue weighted by atomic mass is 9.68. The predicted octanol–water partition coefficient (Wildman–Crippen LogP) is 3.14. The standard InChI is InChI=1S/C14H22N2OS/c1-2-12-5-3-4-6-14(12)13(15-7-8-17-14)11-9-16-18-10-11/h9-10,12-13,15H,2-8H2,1H3. The summed E-state index contributed by atoms with van der Waals surface area (Å²) in [7, 11) is 0. The number of aromatic nitrogens is 1. The highest BCUT2D eigenvalue weighted by Gasteiger charge is 2.49. The van der Waals surface area contributed by atoms with Crippen LogP contribution in [0.3, 0.4) is 0 Å². The van der Waals surface area contributed by atoms with E-state index >= 15 is 0 Å². The molecule has 2 heterocycles. The van der Waals surface area contributed by atoms with Crippen LogP contribution in [0.5, 0.6) is 0 Å². The van der Waals surface area contributed by atoms with Gasteiger partial charge in [0.25, 0.3) is 0 Å². The normalized spacial score (nSPS) is 36.9. The van der Waals surface area contributed by atoms with Gasteiger partial charge < -0.3 is 10.1 Å². The summed E-state index contributed by atoms with van der Waals surface area (Å²) in [5.41, 5.74) is 1.34. The minimum atomic E-state index is 0.0218. The van der Waals surface area contributed by atoms with Crippen molar-refractivity contribution in [1.29, 1.82) is 0 Å². The number of nitrogens with zero attached hydrogens (tertiary/aromatic N) is 1. The maximum absolute atomic E-state index is 6.36. The maximum Gasteiger partial charge on any atom is 0.0905 e. The number of nitrogens with one attached hydrogen (secondary N) is 1. The van der Waals surface area contributed by atoms with Crippen molar-refractivity contribution >= 4 is 11.5 Å². The van der Waals surface area contributed by atoms with E-state index in [1.165, 1.54) is 37.7 Å². The van der Waals surface area contributed by atoms with Crippen LogP contribution >= 0.6 is 11.5 Å². The van der Waals surface area contributed by atoms with Crippen molar-refractivity contribution in [1.82, 2.24) is 9.69 Å². The van der Waals surface area contributed by atoms with E-state index < -0.39 is 0 Å². The van der Waals surface area contributed by atoms with Crippen LogP contribution in [-0.4, -0.2) is 23.1 Å². The molecule has 1 saturated carbocycles. The average molecular weight is 266 g/mol. The van der Waals surface area contributed by atoms with Crippen molar-refractivity contribution in [2.24, 2.45) is 5.92 Å². The van der Waals surface area contributed by atoms with Crippen LogP contribution in [0.15, 0.2) is 11.6 Å². The van der Waals surface area contributed by atoms with Crippen LogP contribution in [0.1, 0.15) is 50.6 Å². The monoisotopic (exact) mass is 266 g/mol. The van der Waals surface area contributed by atoms with Gasteiger partial charge >= 0.3 is 0 Å². The Bertz CT molecular complexity index is 375. The SMILES string of the molecule is CCC1CCCCC12OCCNC2c1cnsc1. The largest absolute Gasteiger partial charge is 0.371 e. The fourth-order valence-corrected chi connectivity index (χ4v) is 4.38. The van der Waals surface area contributed by atoms with Gasteiger partial charge in [0.15, 0.2) is 0 Å². The Morgan fingerprint density at radius 3 is 3.28 bits per heavy atom. The van der Waals surface area contributed by atoms with E-state index in [1.54, 1.807) is 11.5 Å². The van der Waals surface area contributed by atoms with E-state index in [2.05, 4.69) is 22.0 Å². The van der Waals surface area contributed by atoms with Gasteiger partial charge in [-0.05, 0) is 30.3 Å². The quantitative estimate of drug-likeness (QED) is 0.893. The first-order valence-corrected chi connectivity index (χ1v) is 7.97. The van der Waals surface area contributed by atoms with E-state index in [4.69, 9.17) is 4.74 Å². The average Bonchev–Trinajstić information content (AvgIpc) is 2.93. The molecule has 100 valence electrons. The Morgan fingerprint density at radius 1 is 1.56 bits per heavy atom. The van der Waals surface area contributed by atoms with Crippen molar-refractivity contribution in [3.05, 3.63) is 17.1 Å². The lowest BCUT2D eigenvalue weighted by Crippen LogP contribution is -2.57. The van der Waals surface area contributed by atoms with Gasteiger partial charge in [-0.1, -0.05) is 26.2 Å². The van der Waals surface area contributed by atoms with Crippen molar-refractivity contribution in [2.75, 3.05) is 13.2 Å². The second-order valence-electron chi connectivity index (χ2n) is 5.50. The molecule has 2 aliphatic rings. The summed E-state index contributed by atoms with van der Waals surface area (Å²) in [6, 6.07) is 0.343. The van der Waals surface area contributed by atoms with Gasteiger partial charge in [0, 0.05) is 23.7 Å². The minimum absolute atomic E-state index is 0.0218. The van der Waals surface area contributed by atoms with Gasteiger partial charge in [-0.15, -0.1) is 0 Å². The highest BCUT2D eigenvalue weighted by Crippen LogP contribution is 2.47. The Hall–Kier alpha value is -0.450. The summed E-state index contributed by atoms with van der Waals surface area (Å²) < 4.78 is 10.6. The molecule has 1 aliphatic heterocycles. The zero-order valence-electron chi connectivity index (χ0n) is 11.0. The first kappa shape index (κ1) is 12.6. The van der Waals surface area contributed by atoms with Crippen LogP contribution in [-0.2, 0) is 4.74 Å². The molecule has 2 fully saturated rings. The van der Waals surface area contributed by atoms with Crippen molar-refractivity contribution in [3.8, 4) is 0 Å². The lowest BCUT2D eigenvalue weighted by Gasteiger charge is -2.51. The summed E-state index contributed by atoms with van der Waals surface area (Å²) in [5, 5.41) is 5.86. The Labute approximate surface area is 113 Å². The van der Waals surface area contributed by atoms with E-state index in [0.717, 1.165) is 13.2 Å². The molecule has 3 unspecified atom stereocenters. The smallest absolute Gasteiger partial charge is 0.0905 e. The molecular weight excluding hydrogens is 244 g/mol. The highest BCUT2D eigenvalue weighted by atomic mass is 32.1. The summed E-state index contributed by atoms with van der Waals surface area (Å²) in [6.45, 7) is 4.11. The fraction of sp³-hybridized carbons (Fsp3) is 0.786. The van der Waals surface area contributed by atoms with Crippen LogP contribution < -0.4 is 5.32 Å². The van der Waals surface area contributed by atoms with Crippen LogP contribution in [0.25, 0.3) is 0 Å². The topological polar surface area (TPSA) is 34.1 Å². The van der Waals surface area contributed by atoms with Crippen molar-refractivity contribution < 1.29 is 4.74 Å². The Balaban J connectivity index is 1.94. The highest BCUT2D eigenvalue weighted by molar-refractivity contribution is 7.03. The summed E-state index contributed by atoms with van der Waals surface area (Å²) in [4.78, 5) is 0. The van der Waals surface area contributed by atoms with Gasteiger partial charge in [-0.25, -0.2) is 4.37 Å². The molecular formula is C14H22N2OS. The lowest BCUT2D eigenvalue weighted by molar-refractivity contribution is -0.154. The van der Waals surface area contributed by atoms with Gasteiger partial charge in [0.05, 0.1) is 18.2 Å². The van der Waals surface area contributed by atoms with Gasteiger partial charge in [-0.2, -0.15) is 0 Å². The molecule has 1 aliphatic carbocycles. The molecule has 3 rings (SSSR count). The second-order valence-corrected chi connectivity index (χ2v) is 6.16. The van der Waals surface area contributed by atoms with Crippen molar-refractivity contribution in [3.63, 3.8) is 0 Å². The fourth-order valence-electron chi connectivity index (χ4n) is 3.82. The number of hydrogen-bond acceptors (Lipinski definition) is 4. The molecule has 4 heteroatoms. The second kappa shape index (κ2) is 5.27. The summed E-state index contributed by atoms with van der Waals surface area (Å²) >= 11 is 1.54. The van der Waals surface area contributed by atoms with Crippen LogP contribution in [0, 0.1) is 5.92 Å². The predicted molar refractivity (Wildman–Crippen MR) is 73.8 cm³/mol. The molecule has 1 N–H and O–H groups in total. The third-order valence-electron chi connectivity index (χ3n) is 4.65. The van der Waals surface area contributed by atoms with Crippen LogP contribution in [0.4, 0.5) is 0 Å². The molecule has 3 nitrogen and oxygen atoms in total. The molecule has 1 aromatic heterocycles. The number of morpholine rings is 1. The third-order valence-corrected chi connectivity index (χ3v) is 5.25. The van der Waals surface area contributed by atoms with Gasteiger partial charge in [-0.3, -0.25) is 0 Å². The van der Waals surface area contributed by atoms with E-state index in [-0.39, 0.29) is 5.60 Å². The molecule has 1 spiro atoms. The molecule has 1 saturated heterocycles. The van der Waals surface area contributed by atoms with Gasteiger partial charge in [0.2, 0.25) is 0 Å². The zero-order valence-corrected chi connectivity index (χ0v) is 11.8. The number of rotatable bonds is 2. The Morgan fingerprint density at radius 2 is 2.50 bits per heavy atom. The summed E-state index contributed by atoms with van der Waals surface area (Å²) in [6.07, 6.45) is 8.39. The Kier molecular flexibility index (Phi) is 3.68. The summed E-state index contributed by atoms with van der Waals surface area (Å²) in [5.74, 6) is 0.684. The molecule has 1 aromatic rings. The molecule has 0 radical (unpaired) electrons. The molecule has 0 bridgehead atoms. The molecule has 0 aromatic carbocycles. The maximum atomic E-state index is 6.36. The van der Waals surface area contributed by atoms with Gasteiger partial charge in [0.1, 0.15) is 0 Å². The van der Waals surface area contributed by atoms with Crippen molar-refractivity contribution in [2.45, 2.75) is 50.7 Å². The zero-order chi connectivity index (χ0) is 12.4. The molecule has 18 heavy (non-hydrogen) atoms. The van der Waals surface area contributed by atoms with E-state index in [0.29, 0.717) is 12.0 Å². The third kappa shape index (κ3) is 2.00. The number of hydrogen-bond donors (Lipinski definition) is 1. The van der Waals surface area contributed by atoms with E-state index in [1.807, 2.05) is 6.20 Å². The van der Waals surface area contributed by atoms with E-state index in [9.17, 15) is 0 Å². The first-order chi connectivity index (χ1) is 8.87. The number of ether oxygens (including phenoxy) is 1. The minimum Gasteiger partial charge on any atom is -0.371 e. The first-order valence-electron chi connectivity index (χ1n) is 7.13. The molecule has 3 atom stereocenters. The molecule has 0 amide bonds.